The van der Waals surface area contributed by atoms with Crippen LogP contribution in [0.1, 0.15) is 22.6 Å². The second-order valence-corrected chi connectivity index (χ2v) is 5.61. The van der Waals surface area contributed by atoms with E-state index in [9.17, 15) is 0 Å². The quantitative estimate of drug-likeness (QED) is 0.806. The van der Waals surface area contributed by atoms with Crippen LogP contribution < -0.4 is 5.32 Å². The van der Waals surface area contributed by atoms with Gasteiger partial charge in [0.05, 0.1) is 15.9 Å². The molecule has 0 atom stereocenters. The van der Waals surface area contributed by atoms with Crippen molar-refractivity contribution in [1.82, 2.24) is 9.97 Å². The number of anilines is 1. The molecule has 0 saturated carbocycles. The zero-order chi connectivity index (χ0) is 14.5. The first kappa shape index (κ1) is 15.2. The molecular weight excluding hydrogens is 365 g/mol. The predicted molar refractivity (Wildman–Crippen MR) is 89.0 cm³/mol. The van der Waals surface area contributed by atoms with Gasteiger partial charge >= 0.3 is 0 Å². The first-order chi connectivity index (χ1) is 9.65. The summed E-state index contributed by atoms with van der Waals surface area (Å²) < 4.78 is 6.23. The number of ether oxygens (including phenoxy) is 1. The van der Waals surface area contributed by atoms with Gasteiger partial charge in [0, 0.05) is 20.6 Å². The van der Waals surface area contributed by atoms with E-state index >= 15 is 0 Å². The summed E-state index contributed by atoms with van der Waals surface area (Å²) in [5.74, 6) is 1.67. The number of hydrogen-bond donors (Lipinski definition) is 1. The minimum Gasteiger partial charge on any atom is -0.378 e. The summed E-state index contributed by atoms with van der Waals surface area (Å²) in [6.07, 6.45) is 0.731. The van der Waals surface area contributed by atoms with Crippen molar-refractivity contribution in [2.45, 2.75) is 20.0 Å². The van der Waals surface area contributed by atoms with Gasteiger partial charge < -0.3 is 10.1 Å². The van der Waals surface area contributed by atoms with Crippen LogP contribution in [0.2, 0.25) is 0 Å². The summed E-state index contributed by atoms with van der Waals surface area (Å²) in [5, 5.41) is 3.12. The lowest BCUT2D eigenvalue weighted by molar-refractivity contribution is 0.180. The van der Waals surface area contributed by atoms with Crippen LogP contribution in [0.4, 0.5) is 5.82 Å². The standard InChI is InChI=1S/C15H18IN3O/c1-10-6-4-5-7-11(10)8-13-18-12(9-20-3)14(16)15(17-2)19-13/h4-7H,8-9H2,1-3H3,(H,17,18,19). The van der Waals surface area contributed by atoms with Crippen LogP contribution in [0.3, 0.4) is 0 Å². The van der Waals surface area contributed by atoms with Gasteiger partial charge in [-0.3, -0.25) is 0 Å². The third-order valence-corrected chi connectivity index (χ3v) is 4.23. The molecule has 2 rings (SSSR count). The highest BCUT2D eigenvalue weighted by Crippen LogP contribution is 2.21. The Kier molecular flexibility index (Phi) is 5.31. The minimum absolute atomic E-state index is 0.496. The number of benzene rings is 1. The number of halogens is 1. The monoisotopic (exact) mass is 383 g/mol. The number of methoxy groups -OCH3 is 1. The number of nitrogens with one attached hydrogen (secondary N) is 1. The van der Waals surface area contributed by atoms with Crippen molar-refractivity contribution in [3.05, 3.63) is 50.5 Å². The lowest BCUT2D eigenvalue weighted by Gasteiger charge is -2.11. The molecule has 20 heavy (non-hydrogen) atoms. The molecule has 1 aromatic carbocycles. The number of nitrogens with zero attached hydrogens (tertiary/aromatic N) is 2. The highest BCUT2D eigenvalue weighted by molar-refractivity contribution is 14.1. The van der Waals surface area contributed by atoms with Crippen LogP contribution in [0.5, 0.6) is 0 Å². The largest absolute Gasteiger partial charge is 0.378 e. The molecule has 0 bridgehead atoms. The van der Waals surface area contributed by atoms with E-state index < -0.39 is 0 Å². The molecule has 1 heterocycles. The van der Waals surface area contributed by atoms with Gasteiger partial charge in [-0.2, -0.15) is 0 Å². The van der Waals surface area contributed by atoms with Crippen LogP contribution in [0.25, 0.3) is 0 Å². The molecule has 0 amide bonds. The van der Waals surface area contributed by atoms with Crippen molar-refractivity contribution in [2.24, 2.45) is 0 Å². The van der Waals surface area contributed by atoms with Gasteiger partial charge in [0.2, 0.25) is 0 Å². The van der Waals surface area contributed by atoms with Crippen LogP contribution in [0, 0.1) is 10.5 Å². The van der Waals surface area contributed by atoms with Crippen molar-refractivity contribution in [3.8, 4) is 0 Å². The molecule has 2 aromatic rings. The van der Waals surface area contributed by atoms with Crippen LogP contribution in [0.15, 0.2) is 24.3 Å². The van der Waals surface area contributed by atoms with E-state index in [0.717, 1.165) is 27.3 Å². The van der Waals surface area contributed by atoms with Gasteiger partial charge in [0.1, 0.15) is 11.6 Å². The Morgan fingerprint density at radius 3 is 2.65 bits per heavy atom. The highest BCUT2D eigenvalue weighted by atomic mass is 127. The van der Waals surface area contributed by atoms with Gasteiger partial charge in [-0.25, -0.2) is 9.97 Å². The number of rotatable bonds is 5. The number of aryl methyl sites for hydroxylation is 1. The Bertz CT molecular complexity index is 602. The minimum atomic E-state index is 0.496. The summed E-state index contributed by atoms with van der Waals surface area (Å²) in [6.45, 7) is 2.60. The number of hydrogen-bond acceptors (Lipinski definition) is 4. The second kappa shape index (κ2) is 6.99. The lowest BCUT2D eigenvalue weighted by Crippen LogP contribution is -2.09. The van der Waals surface area contributed by atoms with Crippen molar-refractivity contribution in [1.29, 1.82) is 0 Å². The van der Waals surface area contributed by atoms with E-state index in [1.807, 2.05) is 19.2 Å². The molecule has 0 fully saturated rings. The molecular formula is C15H18IN3O. The maximum absolute atomic E-state index is 5.21. The molecule has 1 aromatic heterocycles. The molecule has 4 nitrogen and oxygen atoms in total. The van der Waals surface area contributed by atoms with Gasteiger partial charge in [-0.05, 0) is 40.6 Å². The lowest BCUT2D eigenvalue weighted by atomic mass is 10.1. The van der Waals surface area contributed by atoms with E-state index in [0.29, 0.717) is 6.61 Å². The Hall–Kier alpha value is -1.21. The van der Waals surface area contributed by atoms with Crippen molar-refractivity contribution < 1.29 is 4.74 Å². The molecule has 0 aliphatic heterocycles. The van der Waals surface area contributed by atoms with E-state index in [1.165, 1.54) is 11.1 Å². The van der Waals surface area contributed by atoms with E-state index in [2.05, 4.69) is 56.9 Å². The van der Waals surface area contributed by atoms with Gasteiger partial charge in [-0.1, -0.05) is 24.3 Å². The third kappa shape index (κ3) is 3.46. The van der Waals surface area contributed by atoms with Crippen molar-refractivity contribution in [3.63, 3.8) is 0 Å². The van der Waals surface area contributed by atoms with Crippen molar-refractivity contribution in [2.75, 3.05) is 19.5 Å². The summed E-state index contributed by atoms with van der Waals surface area (Å²) in [6, 6.07) is 8.32. The fraction of sp³-hybridized carbons (Fsp3) is 0.333. The third-order valence-electron chi connectivity index (χ3n) is 3.09. The summed E-state index contributed by atoms with van der Waals surface area (Å²) >= 11 is 2.25. The van der Waals surface area contributed by atoms with E-state index in [4.69, 9.17) is 4.74 Å². The van der Waals surface area contributed by atoms with E-state index in [1.54, 1.807) is 7.11 Å². The van der Waals surface area contributed by atoms with Gasteiger partial charge in [0.25, 0.3) is 0 Å². The Labute approximate surface area is 133 Å². The maximum atomic E-state index is 5.21. The fourth-order valence-electron chi connectivity index (χ4n) is 2.00. The van der Waals surface area contributed by atoms with Gasteiger partial charge in [-0.15, -0.1) is 0 Å². The normalized spacial score (nSPS) is 10.6. The van der Waals surface area contributed by atoms with Crippen LogP contribution >= 0.6 is 22.6 Å². The molecule has 0 radical (unpaired) electrons. The zero-order valence-electron chi connectivity index (χ0n) is 11.9. The van der Waals surface area contributed by atoms with Crippen LogP contribution in [-0.4, -0.2) is 24.1 Å². The highest BCUT2D eigenvalue weighted by Gasteiger charge is 2.12. The Balaban J connectivity index is 2.37. The summed E-state index contributed by atoms with van der Waals surface area (Å²) in [5.41, 5.74) is 3.43. The molecule has 0 saturated heterocycles. The van der Waals surface area contributed by atoms with E-state index in [-0.39, 0.29) is 0 Å². The fourth-order valence-corrected chi connectivity index (χ4v) is 2.67. The molecule has 0 unspecified atom stereocenters. The van der Waals surface area contributed by atoms with Gasteiger partial charge in [0.15, 0.2) is 0 Å². The molecule has 0 aliphatic carbocycles. The number of aromatic nitrogens is 2. The predicted octanol–water partition coefficient (Wildman–Crippen LogP) is 3.17. The Morgan fingerprint density at radius 2 is 2.00 bits per heavy atom. The topological polar surface area (TPSA) is 47.0 Å². The average molecular weight is 383 g/mol. The Morgan fingerprint density at radius 1 is 1.25 bits per heavy atom. The SMILES string of the molecule is CNc1nc(Cc2ccccc2C)nc(COC)c1I. The average Bonchev–Trinajstić information content (AvgIpc) is 2.45. The second-order valence-electron chi connectivity index (χ2n) is 4.54. The van der Waals surface area contributed by atoms with Crippen molar-refractivity contribution >= 4 is 28.4 Å². The molecule has 0 aliphatic rings. The summed E-state index contributed by atoms with van der Waals surface area (Å²) in [4.78, 5) is 9.21. The summed E-state index contributed by atoms with van der Waals surface area (Å²) in [7, 11) is 3.55. The molecule has 5 heteroatoms. The first-order valence-corrected chi connectivity index (χ1v) is 7.50. The first-order valence-electron chi connectivity index (χ1n) is 6.42. The molecule has 106 valence electrons. The zero-order valence-corrected chi connectivity index (χ0v) is 14.1. The molecule has 0 spiro atoms. The smallest absolute Gasteiger partial charge is 0.143 e. The van der Waals surface area contributed by atoms with Crippen LogP contribution in [-0.2, 0) is 17.8 Å². The maximum Gasteiger partial charge on any atom is 0.143 e. The molecule has 1 N–H and O–H groups in total.